The van der Waals surface area contributed by atoms with E-state index in [2.05, 4.69) is 105 Å². The second kappa shape index (κ2) is 32.6. The van der Waals surface area contributed by atoms with Gasteiger partial charge in [-0.15, -0.1) is 0 Å². The van der Waals surface area contributed by atoms with Crippen molar-refractivity contribution < 1.29 is 36.8 Å². The lowest BCUT2D eigenvalue weighted by atomic mass is 9.98. The lowest BCUT2D eigenvalue weighted by Crippen LogP contribution is -2.29. The molecule has 7 heterocycles. The van der Waals surface area contributed by atoms with Crippen LogP contribution in [-0.4, -0.2) is 162 Å². The van der Waals surface area contributed by atoms with E-state index in [-0.39, 0.29) is 5.75 Å². The van der Waals surface area contributed by atoms with Crippen LogP contribution in [0.2, 0.25) is 0 Å². The second-order valence-electron chi connectivity index (χ2n) is 27.7. The Morgan fingerprint density at radius 1 is 0.406 bits per heavy atom. The minimum atomic E-state index is -3.06. The normalized spacial score (nSPS) is 14.4. The summed E-state index contributed by atoms with van der Waals surface area (Å²) in [6, 6.07) is 36.6. The maximum Gasteiger partial charge on any atom is 0.149 e. The molecule has 0 spiro atoms. The van der Waals surface area contributed by atoms with Gasteiger partial charge < -0.3 is 54.2 Å². The van der Waals surface area contributed by atoms with E-state index in [1.54, 1.807) is 78.3 Å². The summed E-state index contributed by atoms with van der Waals surface area (Å²) in [7, 11) is 6.96. The van der Waals surface area contributed by atoms with Crippen LogP contribution in [0.4, 0.5) is 34.1 Å². The van der Waals surface area contributed by atoms with Gasteiger partial charge in [0.15, 0.2) is 0 Å². The van der Waals surface area contributed by atoms with Crippen molar-refractivity contribution in [3.8, 4) is 68.3 Å². The molecule has 3 aliphatic carbocycles. The van der Waals surface area contributed by atoms with Gasteiger partial charge >= 0.3 is 0 Å². The first-order valence-electron chi connectivity index (χ1n) is 36.2. The van der Waals surface area contributed by atoms with Crippen LogP contribution in [0.3, 0.4) is 0 Å². The average molecular weight is 1450 g/mol. The van der Waals surface area contributed by atoms with Crippen LogP contribution in [0.1, 0.15) is 51.4 Å². The van der Waals surface area contributed by atoms with E-state index in [4.69, 9.17) is 54.1 Å². The molecule has 6 aromatic carbocycles. The fourth-order valence-electron chi connectivity index (χ4n) is 13.1. The molecule has 4 fully saturated rings. The van der Waals surface area contributed by atoms with Gasteiger partial charge in [-0.05, 0) is 143 Å². The lowest BCUT2D eigenvalue weighted by molar-refractivity contribution is 0.321. The lowest BCUT2D eigenvalue weighted by Gasteiger charge is -2.26. The summed E-state index contributed by atoms with van der Waals surface area (Å²) in [5.74, 6) is 7.29. The highest BCUT2D eigenvalue weighted by Crippen LogP contribution is 2.43. The number of piperidine rings is 1. The molecule has 3 N–H and O–H groups in total. The summed E-state index contributed by atoms with van der Waals surface area (Å²) >= 11 is 0. The third-order valence-corrected chi connectivity index (χ3v) is 20.5. The zero-order chi connectivity index (χ0) is 73.3. The molecule has 1 aliphatic heterocycles. The molecule has 26 heteroatoms. The van der Waals surface area contributed by atoms with Gasteiger partial charge in [0, 0.05) is 163 Å². The number of nitrogens with one attached hydrogen (secondary N) is 1. The predicted molar refractivity (Wildman–Crippen MR) is 414 cm³/mol. The second-order valence-corrected chi connectivity index (χ2v) is 30.0. The third kappa shape index (κ3) is 18.2. The number of benzene rings is 6. The number of rotatable bonds is 28. The molecule has 12 aromatic rings. The molecule has 4 aliphatic rings. The van der Waals surface area contributed by atoms with Gasteiger partial charge in [-0.3, -0.25) is 29.0 Å². The number of sulfone groups is 1. The minimum absolute atomic E-state index is 0.0345. The maximum atomic E-state index is 11.5. The van der Waals surface area contributed by atoms with Crippen LogP contribution in [0.15, 0.2) is 165 Å². The van der Waals surface area contributed by atoms with Crippen molar-refractivity contribution in [2.75, 3.05) is 109 Å². The van der Waals surface area contributed by atoms with Crippen LogP contribution in [0.5, 0.6) is 34.5 Å². The van der Waals surface area contributed by atoms with Crippen molar-refractivity contribution >= 4 is 77.1 Å². The van der Waals surface area contributed by atoms with Crippen LogP contribution in [0.25, 0.3) is 66.9 Å². The molecule has 0 unspecified atom stereocenters. The highest BCUT2D eigenvalue weighted by atomic mass is 32.2. The molecule has 6 aromatic heterocycles. The highest BCUT2D eigenvalue weighted by molar-refractivity contribution is 7.90. The maximum absolute atomic E-state index is 11.5. The molecule has 0 bridgehead atoms. The Kier molecular flexibility index (Phi) is 22.1. The fourth-order valence-corrected chi connectivity index (χ4v) is 13.6. The monoisotopic (exact) mass is 1450 g/mol. The topological polar surface area (TPSA) is 268 Å². The number of nitrogens with zero attached hydrogens (tertiary/aromatic N) is 15. The van der Waals surface area contributed by atoms with Crippen LogP contribution < -0.4 is 54.2 Å². The standard InChI is InChI=1S/C29H34N6O2.C26H29N5O4S.C25H28N6O2/c1-36-25-11-24(12-26(14-25)37-2)35(18-20-3-4-20)23-5-6-27-28(13-23)33-29(16-31-27)22-15-32-34(19-22)17-21-7-9-30-10-8-21;1-34-22-10-21(11-23(13-22)35-2)31(16-18-4-5-18)20-6-7-24-25(12-20)29-26(15-27-24)19-14-28-30(17-19)8-9-36(3,32)33;1-32-21-9-20(10-22(12-21)33-2)31(15-17-3-4-17)19-5-6-23-24(11-19)29-25(14-27-23)18-13-28-30(16-18)8-7-26/h5-6,11-16,19-21,30H,3-4,7-10,17-18H2,1-2H3;6-7,10-15,17-18H,4-5,8-9,16H2,1-3H3;5-6,9-14,16-17H,3-4,7-8,15,26H2,1-2H3. The van der Waals surface area contributed by atoms with Gasteiger partial charge in [0.2, 0.25) is 0 Å². The summed E-state index contributed by atoms with van der Waals surface area (Å²) in [4.78, 5) is 35.6. The number of aromatic nitrogens is 12. The van der Waals surface area contributed by atoms with Gasteiger partial charge in [0.05, 0.1) is 149 Å². The van der Waals surface area contributed by atoms with Crippen molar-refractivity contribution in [1.29, 1.82) is 0 Å². The zero-order valence-corrected chi connectivity index (χ0v) is 61.9. The first-order chi connectivity index (χ1) is 51.6. The Balaban J connectivity index is 0.000000134. The van der Waals surface area contributed by atoms with Gasteiger partial charge in [-0.2, -0.15) is 15.3 Å². The highest BCUT2D eigenvalue weighted by Gasteiger charge is 2.30. The molecule has 550 valence electrons. The molecular formula is C80H91N17O8S. The Morgan fingerprint density at radius 2 is 0.736 bits per heavy atom. The van der Waals surface area contributed by atoms with Gasteiger partial charge in [-0.25, -0.2) is 23.4 Å². The molecular weight excluding hydrogens is 1360 g/mol. The van der Waals surface area contributed by atoms with Gasteiger partial charge in [-0.1, -0.05) is 0 Å². The number of aryl methyl sites for hydroxylation is 1. The third-order valence-electron chi connectivity index (χ3n) is 19.6. The smallest absolute Gasteiger partial charge is 0.149 e. The minimum Gasteiger partial charge on any atom is -0.497 e. The number of anilines is 6. The Labute approximate surface area is 617 Å². The van der Waals surface area contributed by atoms with Crippen molar-refractivity contribution in [3.05, 3.63) is 165 Å². The van der Waals surface area contributed by atoms with E-state index in [9.17, 15) is 8.42 Å². The van der Waals surface area contributed by atoms with Crippen LogP contribution >= 0.6 is 0 Å². The molecule has 0 amide bonds. The summed E-state index contributed by atoms with van der Waals surface area (Å²) in [6.45, 7) is 7.42. The van der Waals surface area contributed by atoms with E-state index >= 15 is 0 Å². The number of hydrogen-bond donors (Lipinski definition) is 2. The van der Waals surface area contributed by atoms with E-state index < -0.39 is 9.84 Å². The quantitative estimate of drug-likeness (QED) is 0.0461. The molecule has 0 radical (unpaired) electrons. The summed E-state index contributed by atoms with van der Waals surface area (Å²) in [5, 5.41) is 16.7. The predicted octanol–water partition coefficient (Wildman–Crippen LogP) is 13.2. The van der Waals surface area contributed by atoms with Crippen LogP contribution in [-0.2, 0) is 29.5 Å². The SMILES string of the molecule is COc1cc(OC)cc(N(CC2CC2)c2ccc3ncc(-c4cnn(CC5CCNCC5)c4)nc3c2)c1.COc1cc(OC)cc(N(CC2CC2)c2ccc3ncc(-c4cnn(CCN)c4)nc3c2)c1.COc1cc(OC)cc(N(CC2CC2)c2ccc3ncc(-c4cnn(CCS(C)(=O)=O)c4)nc3c2)c1. The van der Waals surface area contributed by atoms with Gasteiger partial charge in [0.1, 0.15) is 44.3 Å². The fraction of sp³-hybridized carbons (Fsp3) is 0.362. The number of ether oxygens (including phenoxy) is 6. The zero-order valence-electron chi connectivity index (χ0n) is 61.1. The van der Waals surface area contributed by atoms with E-state index in [1.807, 2.05) is 83.9 Å². The molecule has 25 nitrogen and oxygen atoms in total. The van der Waals surface area contributed by atoms with E-state index in [0.29, 0.717) is 49.0 Å². The summed E-state index contributed by atoms with van der Waals surface area (Å²) in [6.07, 6.45) is 27.7. The average Bonchev–Trinajstić information content (AvgIpc) is 1.66. The van der Waals surface area contributed by atoms with E-state index in [1.165, 1.54) is 57.6 Å². The Morgan fingerprint density at radius 3 is 1.06 bits per heavy atom. The first kappa shape index (κ1) is 72.0. The Hall–Kier alpha value is -11.0. The molecule has 0 atom stereocenters. The van der Waals surface area contributed by atoms with Crippen LogP contribution in [0, 0.1) is 23.7 Å². The number of fused-ring (bicyclic) bond motifs is 3. The van der Waals surface area contributed by atoms with Crippen molar-refractivity contribution in [2.24, 2.45) is 29.4 Å². The largest absolute Gasteiger partial charge is 0.497 e. The molecule has 3 saturated carbocycles. The number of nitrogens with two attached hydrogens (primary N) is 1. The summed E-state index contributed by atoms with van der Waals surface area (Å²) in [5.41, 5.74) is 21.9. The van der Waals surface area contributed by atoms with E-state index in [0.717, 1.165) is 169 Å². The first-order valence-corrected chi connectivity index (χ1v) is 38.2. The molecule has 106 heavy (non-hydrogen) atoms. The van der Waals surface area contributed by atoms with Crippen molar-refractivity contribution in [1.82, 2.24) is 64.6 Å². The van der Waals surface area contributed by atoms with Crippen molar-refractivity contribution in [2.45, 2.75) is 71.0 Å². The number of hydrogen-bond acceptors (Lipinski definition) is 22. The van der Waals surface area contributed by atoms with Crippen molar-refractivity contribution in [3.63, 3.8) is 0 Å². The molecule has 16 rings (SSSR count). The van der Waals surface area contributed by atoms with Gasteiger partial charge in [0.25, 0.3) is 0 Å². The number of methoxy groups -OCH3 is 6. The summed E-state index contributed by atoms with van der Waals surface area (Å²) < 4.78 is 61.6. The molecule has 1 saturated heterocycles. The Bertz CT molecular complexity index is 5080.